The first-order chi connectivity index (χ1) is 9.99. The molecule has 0 aliphatic rings. The molecule has 0 N–H and O–H groups in total. The molecule has 0 saturated heterocycles. The Morgan fingerprint density at radius 3 is 1.90 bits per heavy atom. The quantitative estimate of drug-likeness (QED) is 0.259. The molecule has 0 spiro atoms. The van der Waals surface area contributed by atoms with Crippen LogP contribution in [0.1, 0.15) is 68.1 Å². The SMILES string of the molecule is O=C(CCCCCCCCCC(Cl)(Cl)Cl)c1ccccc1. The summed E-state index contributed by atoms with van der Waals surface area (Å²) in [7, 11) is 0. The van der Waals surface area contributed by atoms with Gasteiger partial charge in [-0.1, -0.05) is 97.2 Å². The van der Waals surface area contributed by atoms with Gasteiger partial charge in [0.05, 0.1) is 0 Å². The van der Waals surface area contributed by atoms with Gasteiger partial charge in [-0.05, 0) is 19.3 Å². The molecule has 0 unspecified atom stereocenters. The summed E-state index contributed by atoms with van der Waals surface area (Å²) in [6, 6.07) is 9.51. The first-order valence-corrected chi connectivity index (χ1v) is 8.77. The zero-order valence-electron chi connectivity index (χ0n) is 12.3. The fraction of sp³-hybridized carbons (Fsp3) is 0.588. The number of hydrogen-bond acceptors (Lipinski definition) is 1. The Labute approximate surface area is 143 Å². The Morgan fingerprint density at radius 2 is 1.33 bits per heavy atom. The molecule has 0 bridgehead atoms. The average Bonchev–Trinajstić information content (AvgIpc) is 2.45. The van der Waals surface area contributed by atoms with Crippen molar-refractivity contribution in [2.45, 2.75) is 61.6 Å². The van der Waals surface area contributed by atoms with Gasteiger partial charge in [0.25, 0.3) is 0 Å². The number of halogens is 3. The molecule has 0 saturated carbocycles. The lowest BCUT2D eigenvalue weighted by molar-refractivity contribution is 0.0979. The van der Waals surface area contributed by atoms with E-state index < -0.39 is 3.79 Å². The van der Waals surface area contributed by atoms with Gasteiger partial charge in [0.2, 0.25) is 0 Å². The van der Waals surface area contributed by atoms with E-state index in [0.717, 1.165) is 31.2 Å². The largest absolute Gasteiger partial charge is 0.294 e. The van der Waals surface area contributed by atoms with Gasteiger partial charge in [-0.3, -0.25) is 4.79 Å². The molecule has 4 heteroatoms. The van der Waals surface area contributed by atoms with Crippen LogP contribution in [0.2, 0.25) is 0 Å². The van der Waals surface area contributed by atoms with E-state index in [-0.39, 0.29) is 5.78 Å². The fourth-order valence-electron chi connectivity index (χ4n) is 2.26. The fourth-order valence-corrected chi connectivity index (χ4v) is 2.66. The zero-order chi connectivity index (χ0) is 15.6. The van der Waals surface area contributed by atoms with Gasteiger partial charge < -0.3 is 0 Å². The van der Waals surface area contributed by atoms with Crippen molar-refractivity contribution in [2.24, 2.45) is 0 Å². The average molecular weight is 350 g/mol. The molecule has 0 atom stereocenters. The number of carbonyl (C=O) groups is 1. The summed E-state index contributed by atoms with van der Waals surface area (Å²) in [4.78, 5) is 11.9. The van der Waals surface area contributed by atoms with Crippen LogP contribution < -0.4 is 0 Å². The number of alkyl halides is 3. The van der Waals surface area contributed by atoms with Crippen LogP contribution in [-0.4, -0.2) is 9.58 Å². The molecule has 0 aromatic heterocycles. The number of Topliss-reactive ketones (excluding diaryl/α,β-unsaturated/α-hetero) is 1. The van der Waals surface area contributed by atoms with Crippen LogP contribution in [0.3, 0.4) is 0 Å². The van der Waals surface area contributed by atoms with E-state index in [4.69, 9.17) is 34.8 Å². The number of carbonyl (C=O) groups excluding carboxylic acids is 1. The van der Waals surface area contributed by atoms with Crippen molar-refractivity contribution in [3.05, 3.63) is 35.9 Å². The second-order valence-electron chi connectivity index (χ2n) is 5.38. The number of benzene rings is 1. The van der Waals surface area contributed by atoms with Gasteiger partial charge in [0, 0.05) is 12.0 Å². The Morgan fingerprint density at radius 1 is 0.810 bits per heavy atom. The third kappa shape index (κ3) is 10.2. The van der Waals surface area contributed by atoms with E-state index in [1.54, 1.807) is 0 Å². The highest BCUT2D eigenvalue weighted by Gasteiger charge is 2.17. The van der Waals surface area contributed by atoms with Crippen molar-refractivity contribution in [1.29, 1.82) is 0 Å². The molecule has 1 aromatic carbocycles. The lowest BCUT2D eigenvalue weighted by Crippen LogP contribution is -2.00. The summed E-state index contributed by atoms with van der Waals surface area (Å²) in [5.74, 6) is 0.248. The maximum atomic E-state index is 11.9. The van der Waals surface area contributed by atoms with E-state index in [0.29, 0.717) is 12.8 Å². The smallest absolute Gasteiger partial charge is 0.190 e. The number of ketones is 1. The summed E-state index contributed by atoms with van der Waals surface area (Å²) in [5.41, 5.74) is 0.823. The van der Waals surface area contributed by atoms with Crippen LogP contribution >= 0.6 is 34.8 Å². The molecule has 0 amide bonds. The minimum Gasteiger partial charge on any atom is -0.294 e. The molecule has 1 nitrogen and oxygen atoms in total. The van der Waals surface area contributed by atoms with Crippen LogP contribution in [0, 0.1) is 0 Å². The van der Waals surface area contributed by atoms with Crippen molar-refractivity contribution in [1.82, 2.24) is 0 Å². The summed E-state index contributed by atoms with van der Waals surface area (Å²) in [6.07, 6.45) is 8.98. The monoisotopic (exact) mass is 348 g/mol. The number of unbranched alkanes of at least 4 members (excludes halogenated alkanes) is 6. The van der Waals surface area contributed by atoms with Crippen LogP contribution in [-0.2, 0) is 0 Å². The maximum Gasteiger partial charge on any atom is 0.190 e. The van der Waals surface area contributed by atoms with E-state index in [9.17, 15) is 4.79 Å². The topological polar surface area (TPSA) is 17.1 Å². The second kappa shape index (κ2) is 10.5. The molecular formula is C17H23Cl3O. The second-order valence-corrected chi connectivity index (χ2v) is 7.90. The van der Waals surface area contributed by atoms with Crippen LogP contribution in [0.25, 0.3) is 0 Å². The van der Waals surface area contributed by atoms with E-state index in [2.05, 4.69) is 0 Å². The predicted molar refractivity (Wildman–Crippen MR) is 92.6 cm³/mol. The van der Waals surface area contributed by atoms with Crippen molar-refractivity contribution in [2.75, 3.05) is 0 Å². The first kappa shape index (κ1) is 18.8. The normalized spacial score (nSPS) is 11.6. The van der Waals surface area contributed by atoms with E-state index in [1.165, 1.54) is 19.3 Å². The predicted octanol–water partition coefficient (Wildman–Crippen LogP) is 6.75. The van der Waals surface area contributed by atoms with Crippen LogP contribution in [0.5, 0.6) is 0 Å². The summed E-state index contributed by atoms with van der Waals surface area (Å²) in [6.45, 7) is 0. The highest BCUT2D eigenvalue weighted by molar-refractivity contribution is 6.67. The van der Waals surface area contributed by atoms with Gasteiger partial charge in [-0.2, -0.15) is 0 Å². The van der Waals surface area contributed by atoms with Gasteiger partial charge in [-0.15, -0.1) is 0 Å². The third-order valence-corrected chi connectivity index (χ3v) is 4.03. The molecule has 0 radical (unpaired) electrons. The first-order valence-electron chi connectivity index (χ1n) is 7.64. The molecule has 1 rings (SSSR count). The zero-order valence-corrected chi connectivity index (χ0v) is 14.6. The third-order valence-electron chi connectivity index (χ3n) is 3.46. The molecule has 0 fully saturated rings. The van der Waals surface area contributed by atoms with Gasteiger partial charge in [0.15, 0.2) is 9.58 Å². The molecule has 0 heterocycles. The highest BCUT2D eigenvalue weighted by Crippen LogP contribution is 2.32. The molecule has 1 aromatic rings. The molecule has 0 aliphatic carbocycles. The van der Waals surface area contributed by atoms with Crippen molar-refractivity contribution in [3.8, 4) is 0 Å². The Bertz CT molecular complexity index is 398. The summed E-state index contributed by atoms with van der Waals surface area (Å²) in [5, 5.41) is 0. The molecule has 21 heavy (non-hydrogen) atoms. The van der Waals surface area contributed by atoms with E-state index >= 15 is 0 Å². The molecule has 0 aliphatic heterocycles. The molecule has 118 valence electrons. The van der Waals surface area contributed by atoms with Crippen molar-refractivity contribution < 1.29 is 4.79 Å². The highest BCUT2D eigenvalue weighted by atomic mass is 35.6. The Kier molecular flexibility index (Phi) is 9.39. The standard InChI is InChI=1S/C17H23Cl3O/c18-17(19,20)14-10-5-3-1-2-4-9-13-16(21)15-11-7-6-8-12-15/h6-8,11-12H,1-5,9-10,13-14H2. The van der Waals surface area contributed by atoms with Crippen LogP contribution in [0.15, 0.2) is 30.3 Å². The molecular weight excluding hydrogens is 327 g/mol. The Balaban J connectivity index is 1.94. The van der Waals surface area contributed by atoms with E-state index in [1.807, 2.05) is 30.3 Å². The number of rotatable bonds is 10. The lowest BCUT2D eigenvalue weighted by Gasteiger charge is -2.09. The van der Waals surface area contributed by atoms with Gasteiger partial charge in [0.1, 0.15) is 0 Å². The minimum atomic E-state index is -1.10. The summed E-state index contributed by atoms with van der Waals surface area (Å²) >= 11 is 17.1. The minimum absolute atomic E-state index is 0.248. The summed E-state index contributed by atoms with van der Waals surface area (Å²) < 4.78 is -1.10. The van der Waals surface area contributed by atoms with Crippen molar-refractivity contribution >= 4 is 40.6 Å². The maximum absolute atomic E-state index is 11.9. The van der Waals surface area contributed by atoms with Gasteiger partial charge >= 0.3 is 0 Å². The lowest BCUT2D eigenvalue weighted by atomic mass is 10.0. The van der Waals surface area contributed by atoms with Gasteiger partial charge in [-0.25, -0.2) is 0 Å². The van der Waals surface area contributed by atoms with Crippen molar-refractivity contribution in [3.63, 3.8) is 0 Å². The number of hydrogen-bond donors (Lipinski definition) is 0. The Hall–Kier alpha value is -0.240. The van der Waals surface area contributed by atoms with Crippen LogP contribution in [0.4, 0.5) is 0 Å².